The number of hydrogen-bond acceptors (Lipinski definition) is 5. The molecule has 0 aliphatic carbocycles. The van der Waals surface area contributed by atoms with Crippen molar-refractivity contribution in [3.05, 3.63) is 114 Å². The summed E-state index contributed by atoms with van der Waals surface area (Å²) < 4.78 is 3.40. The fourth-order valence-electron chi connectivity index (χ4n) is 4.22. The van der Waals surface area contributed by atoms with Crippen LogP contribution in [-0.4, -0.2) is 32.0 Å². The van der Waals surface area contributed by atoms with E-state index in [1.54, 1.807) is 16.9 Å². The summed E-state index contributed by atoms with van der Waals surface area (Å²) in [4.78, 5) is 12.9. The number of rotatable bonds is 8. The van der Waals surface area contributed by atoms with Gasteiger partial charge in [-0.25, -0.2) is 9.36 Å². The van der Waals surface area contributed by atoms with Gasteiger partial charge in [0.05, 0.1) is 29.0 Å². The zero-order valence-corrected chi connectivity index (χ0v) is 20.1. The smallest absolute Gasteiger partial charge is 0.251 e. The fraction of sp³-hybridized carbons (Fsp3) is 0.103. The van der Waals surface area contributed by atoms with E-state index < -0.39 is 0 Å². The molecule has 182 valence electrons. The Kier molecular flexibility index (Phi) is 6.77. The van der Waals surface area contributed by atoms with Crippen LogP contribution in [0.15, 0.2) is 97.2 Å². The molecule has 0 aliphatic rings. The van der Waals surface area contributed by atoms with Gasteiger partial charge in [0.15, 0.2) is 0 Å². The standard InChI is InChI=1S/C29H25N7O/c30-20-25-26(34-36(28(25)31)23-12-5-2-6-13-23)15-8-17-32-29(37)22-11-7-14-24(19-22)35-27(16-18-33-35)21-9-3-1-4-10-21/h1-7,9-14,16,18-19H,8,15,17,31H2,(H,32,37). The lowest BCUT2D eigenvalue weighted by molar-refractivity contribution is 0.0953. The molecular weight excluding hydrogens is 462 g/mol. The van der Waals surface area contributed by atoms with Crippen molar-refractivity contribution in [2.75, 3.05) is 12.3 Å². The van der Waals surface area contributed by atoms with Gasteiger partial charge in [0.1, 0.15) is 17.5 Å². The lowest BCUT2D eigenvalue weighted by Crippen LogP contribution is -2.25. The molecule has 0 saturated heterocycles. The number of benzene rings is 3. The van der Waals surface area contributed by atoms with Crippen LogP contribution >= 0.6 is 0 Å². The van der Waals surface area contributed by atoms with Gasteiger partial charge in [-0.2, -0.15) is 15.5 Å². The number of nitrogen functional groups attached to an aromatic ring is 1. The number of amides is 1. The van der Waals surface area contributed by atoms with E-state index in [0.29, 0.717) is 42.0 Å². The van der Waals surface area contributed by atoms with Crippen LogP contribution in [0.4, 0.5) is 5.82 Å². The molecular formula is C29H25N7O. The van der Waals surface area contributed by atoms with E-state index in [1.807, 2.05) is 89.6 Å². The Balaban J connectivity index is 1.24. The third kappa shape index (κ3) is 4.97. The molecule has 3 N–H and O–H groups in total. The molecule has 8 nitrogen and oxygen atoms in total. The Bertz CT molecular complexity index is 1560. The van der Waals surface area contributed by atoms with Crippen LogP contribution in [0.5, 0.6) is 0 Å². The molecule has 3 aromatic carbocycles. The molecule has 5 aromatic rings. The highest BCUT2D eigenvalue weighted by molar-refractivity contribution is 5.94. The van der Waals surface area contributed by atoms with Gasteiger partial charge in [0.25, 0.3) is 5.91 Å². The van der Waals surface area contributed by atoms with Crippen molar-refractivity contribution in [2.24, 2.45) is 0 Å². The van der Waals surface area contributed by atoms with E-state index in [2.05, 4.69) is 21.6 Å². The first-order chi connectivity index (χ1) is 18.2. The van der Waals surface area contributed by atoms with Crippen molar-refractivity contribution < 1.29 is 4.79 Å². The highest BCUT2D eigenvalue weighted by Crippen LogP contribution is 2.23. The predicted molar refractivity (Wildman–Crippen MR) is 142 cm³/mol. The predicted octanol–water partition coefficient (Wildman–Crippen LogP) is 4.54. The molecule has 0 atom stereocenters. The van der Waals surface area contributed by atoms with Crippen molar-refractivity contribution in [1.29, 1.82) is 5.26 Å². The van der Waals surface area contributed by atoms with Gasteiger partial charge in [0, 0.05) is 17.7 Å². The second-order valence-corrected chi connectivity index (χ2v) is 8.47. The second kappa shape index (κ2) is 10.6. The lowest BCUT2D eigenvalue weighted by atomic mass is 10.1. The van der Waals surface area contributed by atoms with Crippen molar-refractivity contribution in [1.82, 2.24) is 24.9 Å². The van der Waals surface area contributed by atoms with Crippen molar-refractivity contribution in [3.63, 3.8) is 0 Å². The van der Waals surface area contributed by atoms with Crippen LogP contribution in [-0.2, 0) is 6.42 Å². The first-order valence-electron chi connectivity index (χ1n) is 12.0. The zero-order chi connectivity index (χ0) is 25.6. The van der Waals surface area contributed by atoms with Crippen molar-refractivity contribution in [3.8, 4) is 28.7 Å². The maximum Gasteiger partial charge on any atom is 0.251 e. The minimum absolute atomic E-state index is 0.176. The number of para-hydroxylation sites is 1. The number of anilines is 1. The molecule has 2 heterocycles. The SMILES string of the molecule is N#Cc1c(CCCNC(=O)c2cccc(-n3nccc3-c3ccccc3)c2)nn(-c2ccccc2)c1N. The maximum atomic E-state index is 12.9. The number of nitrogens with zero attached hydrogens (tertiary/aromatic N) is 5. The highest BCUT2D eigenvalue weighted by Gasteiger charge is 2.16. The summed E-state index contributed by atoms with van der Waals surface area (Å²) in [6.07, 6.45) is 2.88. The molecule has 0 fully saturated rings. The summed E-state index contributed by atoms with van der Waals surface area (Å²) in [5.74, 6) is 0.142. The molecule has 2 aromatic heterocycles. The lowest BCUT2D eigenvalue weighted by Gasteiger charge is -2.10. The van der Waals surface area contributed by atoms with E-state index in [1.165, 1.54) is 0 Å². The van der Waals surface area contributed by atoms with E-state index >= 15 is 0 Å². The molecule has 1 amide bonds. The van der Waals surface area contributed by atoms with Gasteiger partial charge in [-0.05, 0) is 49.2 Å². The van der Waals surface area contributed by atoms with Gasteiger partial charge in [0.2, 0.25) is 0 Å². The number of carbonyl (C=O) groups excluding carboxylic acids is 1. The van der Waals surface area contributed by atoms with Gasteiger partial charge >= 0.3 is 0 Å². The topological polar surface area (TPSA) is 115 Å². The number of nitrogens with one attached hydrogen (secondary N) is 1. The van der Waals surface area contributed by atoms with Gasteiger partial charge < -0.3 is 11.1 Å². The summed E-state index contributed by atoms with van der Waals surface area (Å²) in [5.41, 5.74) is 11.3. The third-order valence-electron chi connectivity index (χ3n) is 6.05. The van der Waals surface area contributed by atoms with Gasteiger partial charge in [-0.1, -0.05) is 54.6 Å². The Hall–Kier alpha value is -5.16. The maximum absolute atomic E-state index is 12.9. The molecule has 0 unspecified atom stereocenters. The average Bonchev–Trinajstić information content (AvgIpc) is 3.56. The third-order valence-corrected chi connectivity index (χ3v) is 6.05. The van der Waals surface area contributed by atoms with Crippen molar-refractivity contribution in [2.45, 2.75) is 12.8 Å². The molecule has 5 rings (SSSR count). The fourth-order valence-corrected chi connectivity index (χ4v) is 4.22. The largest absolute Gasteiger partial charge is 0.382 e. The summed E-state index contributed by atoms with van der Waals surface area (Å²) >= 11 is 0. The second-order valence-electron chi connectivity index (χ2n) is 8.47. The molecule has 8 heteroatoms. The quantitative estimate of drug-likeness (QED) is 0.312. The number of aromatic nitrogens is 4. The van der Waals surface area contributed by atoms with E-state index in [0.717, 1.165) is 22.6 Å². The number of hydrogen-bond donors (Lipinski definition) is 2. The monoisotopic (exact) mass is 487 g/mol. The molecule has 0 saturated carbocycles. The van der Waals surface area contributed by atoms with Crippen LogP contribution in [0.3, 0.4) is 0 Å². The van der Waals surface area contributed by atoms with E-state index in [4.69, 9.17) is 5.73 Å². The minimum atomic E-state index is -0.176. The molecule has 0 radical (unpaired) electrons. The van der Waals surface area contributed by atoms with Gasteiger partial charge in [-0.3, -0.25) is 4.79 Å². The van der Waals surface area contributed by atoms with E-state index in [9.17, 15) is 10.1 Å². The summed E-state index contributed by atoms with van der Waals surface area (Å²) in [7, 11) is 0. The first kappa shape index (κ1) is 23.6. The molecule has 37 heavy (non-hydrogen) atoms. The van der Waals surface area contributed by atoms with E-state index in [-0.39, 0.29) is 5.91 Å². The Morgan fingerprint density at radius 3 is 2.41 bits per heavy atom. The zero-order valence-electron chi connectivity index (χ0n) is 20.1. The number of nitrogens with two attached hydrogens (primary N) is 1. The van der Waals surface area contributed by atoms with Crippen LogP contribution < -0.4 is 11.1 Å². The average molecular weight is 488 g/mol. The minimum Gasteiger partial charge on any atom is -0.382 e. The summed E-state index contributed by atoms with van der Waals surface area (Å²) in [6.45, 7) is 0.434. The Morgan fingerprint density at radius 2 is 1.65 bits per heavy atom. The summed E-state index contributed by atoms with van der Waals surface area (Å²) in [5, 5.41) is 21.6. The molecule has 0 bridgehead atoms. The van der Waals surface area contributed by atoms with Gasteiger partial charge in [-0.15, -0.1) is 0 Å². The molecule has 0 spiro atoms. The number of carbonyl (C=O) groups is 1. The number of nitriles is 1. The Morgan fingerprint density at radius 1 is 0.919 bits per heavy atom. The molecule has 0 aliphatic heterocycles. The normalized spacial score (nSPS) is 10.7. The Labute approximate surface area is 214 Å². The summed E-state index contributed by atoms with van der Waals surface area (Å²) in [6, 6.07) is 30.9. The van der Waals surface area contributed by atoms with Crippen molar-refractivity contribution >= 4 is 11.7 Å². The van der Waals surface area contributed by atoms with Crippen LogP contribution in [0.1, 0.15) is 28.0 Å². The van der Waals surface area contributed by atoms with Crippen LogP contribution in [0, 0.1) is 11.3 Å². The number of aryl methyl sites for hydroxylation is 1. The van der Waals surface area contributed by atoms with Crippen LogP contribution in [0.25, 0.3) is 22.6 Å². The highest BCUT2D eigenvalue weighted by atomic mass is 16.1. The van der Waals surface area contributed by atoms with Crippen LogP contribution in [0.2, 0.25) is 0 Å². The first-order valence-corrected chi connectivity index (χ1v) is 12.0.